The molecule has 0 unspecified atom stereocenters. The minimum Gasteiger partial charge on any atom is -0.405 e. The van der Waals surface area contributed by atoms with Gasteiger partial charge in [-0.15, -0.1) is 0 Å². The lowest BCUT2D eigenvalue weighted by atomic mass is 11.1. The Bertz CT molecular complexity index is 151. The summed E-state index contributed by atoms with van der Waals surface area (Å²) < 4.78 is 0.849. The van der Waals surface area contributed by atoms with E-state index in [-0.39, 0.29) is 0 Å². The van der Waals surface area contributed by atoms with E-state index in [4.69, 9.17) is 17.2 Å². The number of guanidine groups is 1. The zero-order valence-electron chi connectivity index (χ0n) is 4.41. The van der Waals surface area contributed by atoms with Gasteiger partial charge in [0, 0.05) is 0 Å². The number of hydrogen-bond acceptors (Lipinski definition) is 4. The molecule has 0 rings (SSSR count). The second kappa shape index (κ2) is 4.46. The molecule has 7 nitrogen and oxygen atoms in total. The molecule has 0 atom stereocenters. The van der Waals surface area contributed by atoms with E-state index < -0.39 is 11.0 Å². The summed E-state index contributed by atoms with van der Waals surface area (Å²) in [6.45, 7) is 0. The van der Waals surface area contributed by atoms with Crippen LogP contribution in [0.3, 0.4) is 0 Å². The van der Waals surface area contributed by atoms with Crippen molar-refractivity contribution in [1.29, 1.82) is 5.41 Å². The molecule has 58 valence electrons. The molecule has 0 aliphatic heterocycles. The minimum absolute atomic E-state index is 0.583. The van der Waals surface area contributed by atoms with Crippen molar-refractivity contribution < 1.29 is 5.03 Å². The summed E-state index contributed by atoms with van der Waals surface area (Å²) >= 11 is 6.51. The second-order valence-corrected chi connectivity index (χ2v) is 2.16. The smallest absolute Gasteiger partial charge is 0.125 e. The number of nitro groups is 1. The van der Waals surface area contributed by atoms with Gasteiger partial charge in [-0.05, 0) is 34.6 Å². The average Bonchev–Trinajstić information content (AvgIpc) is 1.85. The zero-order valence-corrected chi connectivity index (χ0v) is 7.33. The Hall–Kier alpha value is -0.350. The van der Waals surface area contributed by atoms with Crippen LogP contribution < -0.4 is 4.94 Å². The maximum absolute atomic E-state index is 9.63. The number of nitrogens with one attached hydrogen (secondary N) is 2. The van der Waals surface area contributed by atoms with E-state index in [9.17, 15) is 10.1 Å². The number of halogens is 2. The van der Waals surface area contributed by atoms with E-state index in [0.29, 0.717) is 0 Å². The van der Waals surface area contributed by atoms with Crippen LogP contribution in [-0.4, -0.2) is 14.2 Å². The summed E-state index contributed by atoms with van der Waals surface area (Å²) in [7, 11) is 0. The summed E-state index contributed by atoms with van der Waals surface area (Å²) in [5.41, 5.74) is 2.63. The Labute approximate surface area is 74.9 Å². The van der Waals surface area contributed by atoms with E-state index in [1.165, 1.54) is 22.9 Å². The van der Waals surface area contributed by atoms with Gasteiger partial charge in [0.05, 0.1) is 0 Å². The van der Waals surface area contributed by atoms with Crippen molar-refractivity contribution in [3.8, 4) is 0 Å². The van der Waals surface area contributed by atoms with E-state index in [0.717, 1.165) is 3.22 Å². The van der Waals surface area contributed by atoms with Gasteiger partial charge < -0.3 is 5.41 Å². The first-order valence-electron chi connectivity index (χ1n) is 1.84. The van der Waals surface area contributed by atoms with Gasteiger partial charge in [0.25, 0.3) is 0 Å². The fourth-order valence-corrected chi connectivity index (χ4v) is 0.333. The summed E-state index contributed by atoms with van der Waals surface area (Å²) in [4.78, 5) is 11.6. The van der Waals surface area contributed by atoms with Gasteiger partial charge >= 0.3 is 0 Å². The molecule has 0 saturated heterocycles. The van der Waals surface area contributed by atoms with Crippen LogP contribution in [0.4, 0.5) is 0 Å². The monoisotopic (exact) mass is 278 g/mol. The number of hydrazine groups is 1. The summed E-state index contributed by atoms with van der Waals surface area (Å²) in [5, 5.41) is 15.4. The van der Waals surface area contributed by atoms with Crippen molar-refractivity contribution in [3.05, 3.63) is 15.5 Å². The lowest BCUT2D eigenvalue weighted by Crippen LogP contribution is -2.27. The van der Waals surface area contributed by atoms with Crippen LogP contribution in [0.5, 0.6) is 0 Å². The van der Waals surface area contributed by atoms with E-state index in [1.54, 1.807) is 0 Å². The molecular formula is CH2ClIN5O2-. The highest BCUT2D eigenvalue weighted by Gasteiger charge is 1.99. The normalized spacial score (nSPS) is 8.60. The predicted molar refractivity (Wildman–Crippen MR) is 42.9 cm³/mol. The first-order chi connectivity index (χ1) is 4.57. The third-order valence-corrected chi connectivity index (χ3v) is 1.59. The van der Waals surface area contributed by atoms with Crippen molar-refractivity contribution in [1.82, 2.24) is 8.17 Å². The zero-order chi connectivity index (χ0) is 8.15. The highest BCUT2D eigenvalue weighted by Crippen LogP contribution is 2.01. The van der Waals surface area contributed by atoms with Gasteiger partial charge in [0.15, 0.2) is 0 Å². The quantitative estimate of drug-likeness (QED) is 0.195. The molecule has 0 aromatic heterocycles. The molecule has 0 heterocycles. The summed E-state index contributed by atoms with van der Waals surface area (Å²) in [5.74, 6) is -0.583. The lowest BCUT2D eigenvalue weighted by Gasteiger charge is -2.17. The van der Waals surface area contributed by atoms with Crippen molar-refractivity contribution in [2.24, 2.45) is 0 Å². The fourth-order valence-electron chi connectivity index (χ4n) is 0.157. The molecule has 0 spiro atoms. The molecule has 0 aromatic rings. The summed E-state index contributed by atoms with van der Waals surface area (Å²) in [6.07, 6.45) is 0. The van der Waals surface area contributed by atoms with Crippen LogP contribution in [0.15, 0.2) is 0 Å². The topological polar surface area (TPSA) is 96.4 Å². The van der Waals surface area contributed by atoms with Crippen LogP contribution in [-0.2, 0) is 0 Å². The molecular weight excluding hydrogens is 276 g/mol. The molecule has 0 bridgehead atoms. The van der Waals surface area contributed by atoms with Crippen LogP contribution in [0.1, 0.15) is 0 Å². The molecule has 2 N–H and O–H groups in total. The Morgan fingerprint density at radius 3 is 2.80 bits per heavy atom. The van der Waals surface area contributed by atoms with E-state index in [1.807, 2.05) is 4.94 Å². The maximum atomic E-state index is 9.63. The van der Waals surface area contributed by atoms with E-state index in [2.05, 4.69) is 5.43 Å². The van der Waals surface area contributed by atoms with Crippen LogP contribution >= 0.6 is 34.6 Å². The van der Waals surface area contributed by atoms with Crippen molar-refractivity contribution in [2.45, 2.75) is 0 Å². The van der Waals surface area contributed by atoms with Gasteiger partial charge in [-0.3, -0.25) is 3.22 Å². The highest BCUT2D eigenvalue weighted by atomic mass is 127. The van der Waals surface area contributed by atoms with Crippen molar-refractivity contribution >= 4 is 40.6 Å². The Balaban J connectivity index is 3.73. The molecule has 0 aromatic carbocycles. The SMILES string of the molecule is N=C([N-][N+](=O)[O-])N(I)NCl. The fraction of sp³-hybridized carbons (Fsp3) is 0. The molecule has 9 heteroatoms. The van der Waals surface area contributed by atoms with Gasteiger partial charge in [0.2, 0.25) is 0 Å². The average molecular weight is 278 g/mol. The first kappa shape index (κ1) is 9.65. The molecule has 10 heavy (non-hydrogen) atoms. The van der Waals surface area contributed by atoms with Gasteiger partial charge in [-0.2, -0.15) is 4.94 Å². The summed E-state index contributed by atoms with van der Waals surface area (Å²) in [6, 6.07) is 0. The Kier molecular flexibility index (Phi) is 4.31. The third-order valence-electron chi connectivity index (χ3n) is 0.437. The number of rotatable bonds is 2. The molecule has 0 saturated carbocycles. The van der Waals surface area contributed by atoms with Crippen molar-refractivity contribution in [3.63, 3.8) is 0 Å². The van der Waals surface area contributed by atoms with Crippen LogP contribution in [0.25, 0.3) is 5.43 Å². The molecule has 0 fully saturated rings. The number of hydrogen-bond donors (Lipinski definition) is 2. The van der Waals surface area contributed by atoms with Crippen LogP contribution in [0.2, 0.25) is 0 Å². The van der Waals surface area contributed by atoms with Crippen LogP contribution in [0, 0.1) is 15.5 Å². The van der Waals surface area contributed by atoms with Gasteiger partial charge in [-0.25, -0.2) is 10.1 Å². The first-order valence-corrected chi connectivity index (χ1v) is 3.19. The Morgan fingerprint density at radius 1 is 2.00 bits per heavy atom. The largest absolute Gasteiger partial charge is 0.405 e. The number of nitrogens with zero attached hydrogens (tertiary/aromatic N) is 3. The lowest BCUT2D eigenvalue weighted by molar-refractivity contribution is -0.417. The van der Waals surface area contributed by atoms with Gasteiger partial charge in [0.1, 0.15) is 11.0 Å². The molecule has 0 amide bonds. The Morgan fingerprint density at radius 2 is 2.50 bits per heavy atom. The van der Waals surface area contributed by atoms with Crippen molar-refractivity contribution in [2.75, 3.05) is 0 Å². The highest BCUT2D eigenvalue weighted by molar-refractivity contribution is 14.1. The molecule has 0 aliphatic carbocycles. The maximum Gasteiger partial charge on any atom is 0.125 e. The minimum atomic E-state index is -0.984. The predicted octanol–water partition coefficient (Wildman–Crippen LogP) is 0.797. The van der Waals surface area contributed by atoms with Gasteiger partial charge in [-0.1, -0.05) is 5.43 Å². The van der Waals surface area contributed by atoms with E-state index >= 15 is 0 Å². The molecule has 0 radical (unpaired) electrons. The standard InChI is InChI=1S/CH2ClIN5O2/c2-6-7(3)1(4)5-8(9)10/h6H,(H-,4,5)/q-1. The third kappa shape index (κ3) is 3.63. The second-order valence-electron chi connectivity index (χ2n) is 1.03. The molecule has 0 aliphatic rings.